The molecule has 0 saturated heterocycles. The number of benzene rings is 2. The van der Waals surface area contributed by atoms with Crippen molar-refractivity contribution in [3.63, 3.8) is 0 Å². The SMILES string of the molecule is C(=NNc1nc(Nc2ccccc2)nc(Nc2ccccc2)n1)c1ccco1. The van der Waals surface area contributed by atoms with Crippen LogP contribution in [0, 0.1) is 0 Å². The van der Waals surface area contributed by atoms with Crippen LogP contribution in [0.25, 0.3) is 0 Å². The lowest BCUT2D eigenvalue weighted by Crippen LogP contribution is -2.07. The summed E-state index contributed by atoms with van der Waals surface area (Å²) in [6.07, 6.45) is 3.12. The highest BCUT2D eigenvalue weighted by molar-refractivity contribution is 5.76. The van der Waals surface area contributed by atoms with Gasteiger partial charge in [-0.15, -0.1) is 0 Å². The fraction of sp³-hybridized carbons (Fsp3) is 0. The second-order valence-electron chi connectivity index (χ2n) is 5.67. The molecule has 0 unspecified atom stereocenters. The van der Waals surface area contributed by atoms with Gasteiger partial charge in [0.05, 0.1) is 12.5 Å². The van der Waals surface area contributed by atoms with Crippen LogP contribution in [0.2, 0.25) is 0 Å². The van der Waals surface area contributed by atoms with E-state index in [0.29, 0.717) is 17.7 Å². The van der Waals surface area contributed by atoms with Gasteiger partial charge in [0.25, 0.3) is 0 Å². The van der Waals surface area contributed by atoms with E-state index in [1.807, 2.05) is 60.7 Å². The molecule has 0 atom stereocenters. The van der Waals surface area contributed by atoms with Gasteiger partial charge in [-0.1, -0.05) is 36.4 Å². The fourth-order valence-electron chi connectivity index (χ4n) is 2.36. The Morgan fingerprint density at radius 3 is 1.79 bits per heavy atom. The van der Waals surface area contributed by atoms with Gasteiger partial charge in [0.15, 0.2) is 0 Å². The van der Waals surface area contributed by atoms with Gasteiger partial charge in [0, 0.05) is 11.4 Å². The van der Waals surface area contributed by atoms with Gasteiger partial charge >= 0.3 is 0 Å². The van der Waals surface area contributed by atoms with Crippen molar-refractivity contribution in [2.75, 3.05) is 16.1 Å². The standard InChI is InChI=1S/C20H17N7O/c1-3-8-15(9-4-1)22-18-24-19(23-16-10-5-2-6-11-16)26-20(25-18)27-21-14-17-12-7-13-28-17/h1-14H,(H3,22,23,24,25,26,27). The number of anilines is 5. The number of hydrazone groups is 1. The molecule has 0 saturated carbocycles. The Morgan fingerprint density at radius 2 is 1.25 bits per heavy atom. The lowest BCUT2D eigenvalue weighted by molar-refractivity contribution is 0.560. The zero-order valence-corrected chi connectivity index (χ0v) is 14.8. The van der Waals surface area contributed by atoms with E-state index < -0.39 is 0 Å². The van der Waals surface area contributed by atoms with Crippen molar-refractivity contribution < 1.29 is 4.42 Å². The van der Waals surface area contributed by atoms with E-state index in [2.05, 4.69) is 36.1 Å². The second kappa shape index (κ2) is 8.45. The molecule has 0 bridgehead atoms. The zero-order valence-electron chi connectivity index (χ0n) is 14.8. The third kappa shape index (κ3) is 4.70. The molecule has 2 heterocycles. The van der Waals surface area contributed by atoms with Crippen molar-refractivity contribution in [1.82, 2.24) is 15.0 Å². The van der Waals surface area contributed by atoms with E-state index in [9.17, 15) is 0 Å². The highest BCUT2D eigenvalue weighted by Crippen LogP contribution is 2.18. The maximum absolute atomic E-state index is 5.21. The van der Waals surface area contributed by atoms with Crippen LogP contribution < -0.4 is 16.1 Å². The van der Waals surface area contributed by atoms with Crippen LogP contribution in [0.3, 0.4) is 0 Å². The number of aromatic nitrogens is 3. The van der Waals surface area contributed by atoms with Crippen LogP contribution in [0.15, 0.2) is 88.6 Å². The van der Waals surface area contributed by atoms with E-state index in [0.717, 1.165) is 11.4 Å². The van der Waals surface area contributed by atoms with Crippen LogP contribution in [-0.4, -0.2) is 21.2 Å². The van der Waals surface area contributed by atoms with Gasteiger partial charge in [-0.25, -0.2) is 5.43 Å². The number of furan rings is 1. The summed E-state index contributed by atoms with van der Waals surface area (Å²) in [5, 5.41) is 10.4. The summed E-state index contributed by atoms with van der Waals surface area (Å²) in [7, 11) is 0. The first kappa shape index (κ1) is 17.2. The highest BCUT2D eigenvalue weighted by Gasteiger charge is 2.07. The van der Waals surface area contributed by atoms with Crippen LogP contribution >= 0.6 is 0 Å². The quantitative estimate of drug-likeness (QED) is 0.327. The smallest absolute Gasteiger partial charge is 0.250 e. The summed E-state index contributed by atoms with van der Waals surface area (Å²) in [6, 6.07) is 22.9. The van der Waals surface area contributed by atoms with Gasteiger partial charge in [0.1, 0.15) is 5.76 Å². The lowest BCUT2D eigenvalue weighted by Gasteiger charge is -2.10. The molecule has 0 radical (unpaired) electrons. The first-order chi connectivity index (χ1) is 13.8. The van der Waals surface area contributed by atoms with Crippen LogP contribution in [0.1, 0.15) is 5.76 Å². The largest absolute Gasteiger partial charge is 0.463 e. The maximum atomic E-state index is 5.21. The number of hydrogen-bond donors (Lipinski definition) is 3. The maximum Gasteiger partial charge on any atom is 0.250 e. The molecule has 4 rings (SSSR count). The number of rotatable bonds is 7. The lowest BCUT2D eigenvalue weighted by atomic mass is 10.3. The molecule has 138 valence electrons. The molecule has 2 aromatic carbocycles. The summed E-state index contributed by atoms with van der Waals surface area (Å²) in [6.45, 7) is 0. The summed E-state index contributed by atoms with van der Waals surface area (Å²) < 4.78 is 5.21. The first-order valence-corrected chi connectivity index (χ1v) is 8.58. The molecule has 0 amide bonds. The van der Waals surface area contributed by atoms with Crippen LogP contribution in [0.4, 0.5) is 29.2 Å². The number of hydrogen-bond acceptors (Lipinski definition) is 8. The van der Waals surface area contributed by atoms with Crippen molar-refractivity contribution in [3.05, 3.63) is 84.8 Å². The van der Waals surface area contributed by atoms with Crippen molar-refractivity contribution in [1.29, 1.82) is 0 Å². The summed E-state index contributed by atoms with van der Waals surface area (Å²) >= 11 is 0. The van der Waals surface area contributed by atoms with Gasteiger partial charge in [-0.05, 0) is 36.4 Å². The van der Waals surface area contributed by atoms with Crippen molar-refractivity contribution in [2.45, 2.75) is 0 Å². The van der Waals surface area contributed by atoms with Gasteiger partial charge < -0.3 is 15.1 Å². The van der Waals surface area contributed by atoms with E-state index in [1.54, 1.807) is 24.6 Å². The van der Waals surface area contributed by atoms with Gasteiger partial charge in [-0.2, -0.15) is 20.1 Å². The minimum absolute atomic E-state index is 0.287. The topological polar surface area (TPSA) is 100 Å². The molecular formula is C20H17N7O. The molecule has 3 N–H and O–H groups in total. The molecule has 0 aliphatic rings. The van der Waals surface area contributed by atoms with Gasteiger partial charge in [-0.3, -0.25) is 0 Å². The minimum atomic E-state index is 0.287. The monoisotopic (exact) mass is 371 g/mol. The zero-order chi connectivity index (χ0) is 19.0. The number of nitrogens with zero attached hydrogens (tertiary/aromatic N) is 4. The Morgan fingerprint density at radius 1 is 0.679 bits per heavy atom. The van der Waals surface area contributed by atoms with Crippen LogP contribution in [-0.2, 0) is 0 Å². The summed E-state index contributed by atoms with van der Waals surface area (Å²) in [4.78, 5) is 13.1. The molecule has 0 fully saturated rings. The minimum Gasteiger partial charge on any atom is -0.463 e. The summed E-state index contributed by atoms with van der Waals surface area (Å²) in [5.74, 6) is 1.67. The van der Waals surface area contributed by atoms with E-state index in [-0.39, 0.29) is 5.95 Å². The van der Waals surface area contributed by atoms with Crippen molar-refractivity contribution >= 4 is 35.4 Å². The summed E-state index contributed by atoms with van der Waals surface area (Å²) in [5.41, 5.74) is 4.53. The first-order valence-electron chi connectivity index (χ1n) is 8.58. The molecule has 0 aliphatic carbocycles. The third-order valence-electron chi connectivity index (χ3n) is 3.59. The Kier molecular flexibility index (Phi) is 5.20. The van der Waals surface area contributed by atoms with E-state index >= 15 is 0 Å². The predicted molar refractivity (Wildman–Crippen MR) is 109 cm³/mol. The van der Waals surface area contributed by atoms with Crippen LogP contribution in [0.5, 0.6) is 0 Å². The third-order valence-corrected chi connectivity index (χ3v) is 3.59. The highest BCUT2D eigenvalue weighted by atomic mass is 16.3. The average molecular weight is 371 g/mol. The number of nitrogens with one attached hydrogen (secondary N) is 3. The Bertz CT molecular complexity index is 975. The number of para-hydroxylation sites is 2. The van der Waals surface area contributed by atoms with E-state index in [1.165, 1.54) is 0 Å². The van der Waals surface area contributed by atoms with E-state index in [4.69, 9.17) is 4.42 Å². The Balaban J connectivity index is 1.58. The molecular weight excluding hydrogens is 354 g/mol. The Hall–Kier alpha value is -4.20. The second-order valence-corrected chi connectivity index (χ2v) is 5.67. The Labute approximate surface area is 161 Å². The normalized spacial score (nSPS) is 10.7. The molecule has 2 aromatic heterocycles. The molecule has 0 aliphatic heterocycles. The van der Waals surface area contributed by atoms with Gasteiger partial charge in [0.2, 0.25) is 17.8 Å². The fourth-order valence-corrected chi connectivity index (χ4v) is 2.36. The molecule has 0 spiro atoms. The average Bonchev–Trinajstić information content (AvgIpc) is 3.23. The molecule has 8 nitrogen and oxygen atoms in total. The van der Waals surface area contributed by atoms with Crippen molar-refractivity contribution in [3.8, 4) is 0 Å². The molecule has 4 aromatic rings. The van der Waals surface area contributed by atoms with Crippen molar-refractivity contribution in [2.24, 2.45) is 5.10 Å². The molecule has 28 heavy (non-hydrogen) atoms. The molecule has 8 heteroatoms. The predicted octanol–water partition coefficient (Wildman–Crippen LogP) is 4.40.